The molecule has 0 aromatic heterocycles. The number of hydrogen-bond donors (Lipinski definition) is 1. The lowest BCUT2D eigenvalue weighted by molar-refractivity contribution is 0.254. The predicted molar refractivity (Wildman–Crippen MR) is 61.7 cm³/mol. The second kappa shape index (κ2) is 5.69. The van der Waals surface area contributed by atoms with E-state index in [9.17, 15) is 0 Å². The molecule has 0 aromatic rings. The van der Waals surface area contributed by atoms with Gasteiger partial charge in [0.15, 0.2) is 0 Å². The van der Waals surface area contributed by atoms with Crippen LogP contribution in [0.2, 0.25) is 0 Å². The van der Waals surface area contributed by atoms with Crippen molar-refractivity contribution in [3.8, 4) is 0 Å². The van der Waals surface area contributed by atoms with Crippen LogP contribution in [0, 0.1) is 0 Å². The molecule has 1 heterocycles. The van der Waals surface area contributed by atoms with E-state index in [1.807, 2.05) is 0 Å². The van der Waals surface area contributed by atoms with Gasteiger partial charge in [-0.2, -0.15) is 0 Å². The first-order valence-electron chi connectivity index (χ1n) is 5.75. The van der Waals surface area contributed by atoms with Crippen molar-refractivity contribution in [3.05, 3.63) is 0 Å². The van der Waals surface area contributed by atoms with E-state index < -0.39 is 0 Å². The monoisotopic (exact) mass is 199 g/mol. The van der Waals surface area contributed by atoms with Gasteiger partial charge in [-0.05, 0) is 40.5 Å². The number of rotatable bonds is 5. The largest absolute Gasteiger partial charge is 0.313 e. The van der Waals surface area contributed by atoms with Crippen LogP contribution in [0.3, 0.4) is 0 Å². The molecule has 3 nitrogen and oxygen atoms in total. The average Bonchev–Trinajstić information content (AvgIpc) is 2.53. The van der Waals surface area contributed by atoms with Crippen molar-refractivity contribution in [1.82, 2.24) is 15.1 Å². The lowest BCUT2D eigenvalue weighted by atomic mass is 10.2. The molecule has 0 radical (unpaired) electrons. The van der Waals surface area contributed by atoms with Crippen LogP contribution in [0.5, 0.6) is 0 Å². The Hall–Kier alpha value is -0.120. The van der Waals surface area contributed by atoms with Crippen LogP contribution in [0.25, 0.3) is 0 Å². The van der Waals surface area contributed by atoms with Gasteiger partial charge in [-0.15, -0.1) is 0 Å². The molecular formula is C11H25N3. The topological polar surface area (TPSA) is 18.5 Å². The van der Waals surface area contributed by atoms with Crippen molar-refractivity contribution < 1.29 is 0 Å². The highest BCUT2D eigenvalue weighted by atomic mass is 15.2. The van der Waals surface area contributed by atoms with Gasteiger partial charge in [0.05, 0.1) is 0 Å². The minimum Gasteiger partial charge on any atom is -0.313 e. The number of hydrogen-bond acceptors (Lipinski definition) is 3. The zero-order valence-corrected chi connectivity index (χ0v) is 10.1. The Bertz CT molecular complexity index is 159. The average molecular weight is 199 g/mol. The maximum atomic E-state index is 3.46. The van der Waals surface area contributed by atoms with E-state index >= 15 is 0 Å². The highest BCUT2D eigenvalue weighted by molar-refractivity contribution is 4.82. The number of likely N-dealkylation sites (N-methyl/N-ethyl adjacent to an activating group) is 2. The van der Waals surface area contributed by atoms with Gasteiger partial charge in [0, 0.05) is 25.2 Å². The summed E-state index contributed by atoms with van der Waals surface area (Å²) >= 11 is 0. The highest BCUT2D eigenvalue weighted by Gasteiger charge is 2.24. The quantitative estimate of drug-likeness (QED) is 0.700. The van der Waals surface area contributed by atoms with E-state index in [-0.39, 0.29) is 0 Å². The molecule has 0 spiro atoms. The zero-order chi connectivity index (χ0) is 10.6. The third kappa shape index (κ3) is 3.56. The second-order valence-electron chi connectivity index (χ2n) is 4.62. The fraction of sp³-hybridized carbons (Fsp3) is 1.00. The molecule has 1 saturated heterocycles. The van der Waals surface area contributed by atoms with Gasteiger partial charge >= 0.3 is 0 Å². The van der Waals surface area contributed by atoms with E-state index in [0.717, 1.165) is 12.6 Å². The van der Waals surface area contributed by atoms with E-state index in [4.69, 9.17) is 0 Å². The molecule has 0 aromatic carbocycles. The van der Waals surface area contributed by atoms with Crippen molar-refractivity contribution in [2.75, 3.05) is 40.3 Å². The lowest BCUT2D eigenvalue weighted by Crippen LogP contribution is -2.39. The second-order valence-corrected chi connectivity index (χ2v) is 4.62. The highest BCUT2D eigenvalue weighted by Crippen LogP contribution is 2.12. The fourth-order valence-corrected chi connectivity index (χ4v) is 2.20. The third-order valence-corrected chi connectivity index (χ3v) is 3.06. The van der Waals surface area contributed by atoms with Crippen molar-refractivity contribution >= 4 is 0 Å². The van der Waals surface area contributed by atoms with Crippen molar-refractivity contribution in [3.63, 3.8) is 0 Å². The lowest BCUT2D eigenvalue weighted by Gasteiger charge is -2.23. The summed E-state index contributed by atoms with van der Waals surface area (Å²) in [6.45, 7) is 9.21. The predicted octanol–water partition coefficient (Wildman–Crippen LogP) is 0.620. The number of nitrogens with zero attached hydrogens (tertiary/aromatic N) is 2. The van der Waals surface area contributed by atoms with Crippen LogP contribution in [-0.4, -0.2) is 62.2 Å². The van der Waals surface area contributed by atoms with Gasteiger partial charge in [0.2, 0.25) is 0 Å². The number of nitrogens with one attached hydrogen (secondary N) is 1. The van der Waals surface area contributed by atoms with Crippen LogP contribution >= 0.6 is 0 Å². The summed E-state index contributed by atoms with van der Waals surface area (Å²) < 4.78 is 0. The molecule has 2 unspecified atom stereocenters. The van der Waals surface area contributed by atoms with E-state index in [1.54, 1.807) is 0 Å². The van der Waals surface area contributed by atoms with Crippen LogP contribution in [0.4, 0.5) is 0 Å². The Balaban J connectivity index is 2.21. The SMILES string of the molecule is CCNC(C)CN1CCC(N(C)C)C1. The Morgan fingerprint density at radius 3 is 2.71 bits per heavy atom. The van der Waals surface area contributed by atoms with Gasteiger partial charge in [-0.25, -0.2) is 0 Å². The maximum absolute atomic E-state index is 3.46. The summed E-state index contributed by atoms with van der Waals surface area (Å²) in [6, 6.07) is 1.39. The molecule has 0 bridgehead atoms. The smallest absolute Gasteiger partial charge is 0.0229 e. The molecule has 0 aliphatic carbocycles. The molecule has 0 saturated carbocycles. The minimum absolute atomic E-state index is 0.626. The van der Waals surface area contributed by atoms with Gasteiger partial charge in [-0.1, -0.05) is 6.92 Å². The molecule has 1 aliphatic heterocycles. The molecule has 14 heavy (non-hydrogen) atoms. The van der Waals surface area contributed by atoms with Crippen LogP contribution in [-0.2, 0) is 0 Å². The van der Waals surface area contributed by atoms with Crippen molar-refractivity contribution in [1.29, 1.82) is 0 Å². The first kappa shape index (κ1) is 12.0. The fourth-order valence-electron chi connectivity index (χ4n) is 2.20. The molecule has 0 amide bonds. The molecule has 1 aliphatic rings. The Morgan fingerprint density at radius 2 is 2.21 bits per heavy atom. The van der Waals surface area contributed by atoms with Crippen molar-refractivity contribution in [2.24, 2.45) is 0 Å². The van der Waals surface area contributed by atoms with Gasteiger partial charge < -0.3 is 15.1 Å². The van der Waals surface area contributed by atoms with Crippen LogP contribution < -0.4 is 5.32 Å². The van der Waals surface area contributed by atoms with Gasteiger partial charge in [0.25, 0.3) is 0 Å². The molecule has 2 atom stereocenters. The zero-order valence-electron chi connectivity index (χ0n) is 10.1. The molecule has 3 heteroatoms. The maximum Gasteiger partial charge on any atom is 0.0229 e. The van der Waals surface area contributed by atoms with Crippen LogP contribution in [0.15, 0.2) is 0 Å². The third-order valence-electron chi connectivity index (χ3n) is 3.06. The Labute approximate surface area is 88.5 Å². The first-order chi connectivity index (χ1) is 6.63. The van der Waals surface area contributed by atoms with Crippen molar-refractivity contribution in [2.45, 2.75) is 32.4 Å². The van der Waals surface area contributed by atoms with E-state index in [0.29, 0.717) is 6.04 Å². The molecule has 84 valence electrons. The minimum atomic E-state index is 0.626. The summed E-state index contributed by atoms with van der Waals surface area (Å²) in [5.74, 6) is 0. The summed E-state index contributed by atoms with van der Waals surface area (Å²) in [7, 11) is 4.36. The molecule has 1 N–H and O–H groups in total. The Morgan fingerprint density at radius 1 is 1.50 bits per heavy atom. The first-order valence-corrected chi connectivity index (χ1v) is 5.75. The van der Waals surface area contributed by atoms with Gasteiger partial charge in [0.1, 0.15) is 0 Å². The number of likely N-dealkylation sites (tertiary alicyclic amines) is 1. The van der Waals surface area contributed by atoms with E-state index in [2.05, 4.69) is 43.1 Å². The summed E-state index contributed by atoms with van der Waals surface area (Å²) in [5.41, 5.74) is 0. The summed E-state index contributed by atoms with van der Waals surface area (Å²) in [6.07, 6.45) is 1.33. The van der Waals surface area contributed by atoms with Gasteiger partial charge in [-0.3, -0.25) is 0 Å². The Kier molecular flexibility index (Phi) is 4.85. The van der Waals surface area contributed by atoms with Crippen LogP contribution in [0.1, 0.15) is 20.3 Å². The summed E-state index contributed by atoms with van der Waals surface area (Å²) in [4.78, 5) is 4.91. The molecular weight excluding hydrogens is 174 g/mol. The standard InChI is InChI=1S/C11H25N3/c1-5-12-10(2)8-14-7-6-11(9-14)13(3)4/h10-12H,5-9H2,1-4H3. The van der Waals surface area contributed by atoms with E-state index in [1.165, 1.54) is 26.1 Å². The normalized spacial score (nSPS) is 25.9. The molecule has 1 fully saturated rings. The summed E-state index contributed by atoms with van der Waals surface area (Å²) in [5, 5.41) is 3.46. The molecule has 1 rings (SSSR count).